The zero-order valence-corrected chi connectivity index (χ0v) is 20.0. The molecule has 36 heavy (non-hydrogen) atoms. The van der Waals surface area contributed by atoms with E-state index in [1.807, 2.05) is 60.7 Å². The zero-order valence-electron chi connectivity index (χ0n) is 20.0. The van der Waals surface area contributed by atoms with Crippen LogP contribution in [0.1, 0.15) is 48.9 Å². The van der Waals surface area contributed by atoms with Crippen molar-refractivity contribution in [2.45, 2.75) is 38.5 Å². The van der Waals surface area contributed by atoms with Gasteiger partial charge < -0.3 is 15.6 Å². The number of anilines is 2. The number of hydrogen-bond donors (Lipinski definition) is 3. The van der Waals surface area contributed by atoms with Gasteiger partial charge in [0.15, 0.2) is 0 Å². The van der Waals surface area contributed by atoms with Crippen LogP contribution < -0.4 is 10.6 Å². The quantitative estimate of drug-likeness (QED) is 0.312. The minimum Gasteiger partial charge on any atom is -0.338 e. The number of carbonyl (C=O) groups excluding carboxylic acids is 2. The normalized spacial score (nSPS) is 25.8. The van der Waals surface area contributed by atoms with Crippen molar-refractivity contribution in [3.05, 3.63) is 78.4 Å². The SMILES string of the molecule is O=C(Nc1ccc(-c2nc3ccc(NC(=O)C45CC6CCCC4(C6)C5)cc3[nH]2)cc1)c1ccccc1. The highest BCUT2D eigenvalue weighted by Gasteiger charge is 2.75. The Morgan fingerprint density at radius 1 is 0.917 bits per heavy atom. The molecule has 2 amide bonds. The number of nitrogens with zero attached hydrogens (tertiary/aromatic N) is 1. The van der Waals surface area contributed by atoms with Crippen molar-refractivity contribution in [1.29, 1.82) is 0 Å². The Bertz CT molecular complexity index is 1490. The maximum absolute atomic E-state index is 13.3. The lowest BCUT2D eigenvalue weighted by molar-refractivity contribution is -0.122. The third kappa shape index (κ3) is 3.35. The summed E-state index contributed by atoms with van der Waals surface area (Å²) in [7, 11) is 0. The summed E-state index contributed by atoms with van der Waals surface area (Å²) < 4.78 is 0. The molecule has 180 valence electrons. The van der Waals surface area contributed by atoms with Gasteiger partial charge in [-0.1, -0.05) is 31.0 Å². The van der Waals surface area contributed by atoms with E-state index in [1.165, 1.54) is 25.7 Å². The Labute approximate surface area is 209 Å². The summed E-state index contributed by atoms with van der Waals surface area (Å²) in [5, 5.41) is 6.15. The summed E-state index contributed by atoms with van der Waals surface area (Å²) in [5.41, 5.74) is 4.99. The van der Waals surface area contributed by atoms with Crippen LogP contribution in [0.4, 0.5) is 11.4 Å². The summed E-state index contributed by atoms with van der Waals surface area (Å²) in [6.45, 7) is 0. The summed E-state index contributed by atoms with van der Waals surface area (Å²) >= 11 is 0. The molecular weight excluding hydrogens is 448 g/mol. The van der Waals surface area contributed by atoms with E-state index in [0.717, 1.165) is 52.6 Å². The summed E-state index contributed by atoms with van der Waals surface area (Å²) in [6, 6.07) is 22.6. The van der Waals surface area contributed by atoms with E-state index in [9.17, 15) is 9.59 Å². The predicted molar refractivity (Wildman–Crippen MR) is 141 cm³/mol. The van der Waals surface area contributed by atoms with Crippen molar-refractivity contribution in [3.8, 4) is 11.4 Å². The number of H-pyrrole nitrogens is 1. The number of carbonyl (C=O) groups is 2. The topological polar surface area (TPSA) is 86.9 Å². The molecule has 3 aliphatic rings. The molecule has 3 atom stereocenters. The first-order valence-electron chi connectivity index (χ1n) is 12.8. The Balaban J connectivity index is 1.06. The van der Waals surface area contributed by atoms with Crippen molar-refractivity contribution in [1.82, 2.24) is 9.97 Å². The van der Waals surface area contributed by atoms with Gasteiger partial charge in [0.1, 0.15) is 5.82 Å². The minimum absolute atomic E-state index is 0.125. The number of amides is 2. The summed E-state index contributed by atoms with van der Waals surface area (Å²) in [4.78, 5) is 33.8. The van der Waals surface area contributed by atoms with Gasteiger partial charge >= 0.3 is 0 Å². The third-order valence-electron chi connectivity index (χ3n) is 8.74. The Hall–Kier alpha value is -3.93. The molecule has 3 saturated carbocycles. The first-order valence-corrected chi connectivity index (χ1v) is 12.8. The molecule has 3 unspecified atom stereocenters. The highest BCUT2D eigenvalue weighted by Crippen LogP contribution is 2.79. The van der Waals surface area contributed by atoms with Crippen LogP contribution in [0.2, 0.25) is 0 Å². The molecule has 2 bridgehead atoms. The number of imidazole rings is 1. The first kappa shape index (κ1) is 21.4. The van der Waals surface area contributed by atoms with Crippen molar-refractivity contribution < 1.29 is 9.59 Å². The van der Waals surface area contributed by atoms with Gasteiger partial charge in [-0.15, -0.1) is 0 Å². The fourth-order valence-corrected chi connectivity index (χ4v) is 6.96. The van der Waals surface area contributed by atoms with E-state index >= 15 is 0 Å². The smallest absolute Gasteiger partial charge is 0.255 e. The van der Waals surface area contributed by atoms with Gasteiger partial charge in [-0.3, -0.25) is 9.59 Å². The molecule has 1 aromatic heterocycles. The third-order valence-corrected chi connectivity index (χ3v) is 8.74. The van der Waals surface area contributed by atoms with E-state index in [2.05, 4.69) is 15.6 Å². The van der Waals surface area contributed by atoms with Gasteiger partial charge in [-0.25, -0.2) is 4.98 Å². The van der Waals surface area contributed by atoms with Gasteiger partial charge in [0.05, 0.1) is 16.4 Å². The molecule has 0 aliphatic heterocycles. The highest BCUT2D eigenvalue weighted by atomic mass is 16.2. The molecule has 4 aromatic rings. The average molecular weight is 477 g/mol. The molecule has 3 fully saturated rings. The number of aromatic amines is 1. The van der Waals surface area contributed by atoms with Gasteiger partial charge in [0.25, 0.3) is 5.91 Å². The lowest BCUT2D eigenvalue weighted by Crippen LogP contribution is -2.26. The standard InChI is InChI=1S/C30H28N4O2/c35-27(21-6-2-1-3-7-21)31-22-10-8-20(9-11-22)26-33-24-13-12-23(15-25(24)34-26)32-28(36)30-17-19-5-4-14-29(30,16-19)18-30/h1-3,6-13,15,19H,4-5,14,16-18H2,(H,31,35)(H,32,36)(H,33,34). The van der Waals surface area contributed by atoms with Gasteiger partial charge in [-0.05, 0) is 91.6 Å². The van der Waals surface area contributed by atoms with Gasteiger partial charge in [0.2, 0.25) is 5.91 Å². The molecular formula is C30H28N4O2. The van der Waals surface area contributed by atoms with E-state index < -0.39 is 0 Å². The predicted octanol–water partition coefficient (Wildman–Crippen LogP) is 6.39. The molecule has 6 nitrogen and oxygen atoms in total. The van der Waals surface area contributed by atoms with Gasteiger partial charge in [-0.2, -0.15) is 0 Å². The molecule has 6 heteroatoms. The lowest BCUT2D eigenvalue weighted by Gasteiger charge is -2.22. The van der Waals surface area contributed by atoms with Crippen molar-refractivity contribution in [2.24, 2.45) is 16.7 Å². The molecule has 3 N–H and O–H groups in total. The maximum atomic E-state index is 13.3. The van der Waals surface area contributed by atoms with E-state index in [4.69, 9.17) is 4.98 Å². The number of rotatable bonds is 5. The molecule has 0 radical (unpaired) electrons. The van der Waals surface area contributed by atoms with E-state index in [0.29, 0.717) is 5.56 Å². The summed E-state index contributed by atoms with van der Waals surface area (Å²) in [5.74, 6) is 1.56. The molecule has 7 rings (SSSR count). The van der Waals surface area contributed by atoms with E-state index in [1.54, 1.807) is 12.1 Å². The molecule has 0 saturated heterocycles. The van der Waals surface area contributed by atoms with Crippen LogP contribution in [0.5, 0.6) is 0 Å². The van der Waals surface area contributed by atoms with Gasteiger partial charge in [0, 0.05) is 22.5 Å². The monoisotopic (exact) mass is 476 g/mol. The van der Waals surface area contributed by atoms with Crippen LogP contribution >= 0.6 is 0 Å². The van der Waals surface area contributed by atoms with Crippen molar-refractivity contribution in [3.63, 3.8) is 0 Å². The zero-order chi connectivity index (χ0) is 24.3. The van der Waals surface area contributed by atoms with Crippen LogP contribution in [0.15, 0.2) is 72.8 Å². The molecule has 1 spiro atoms. The Morgan fingerprint density at radius 2 is 1.72 bits per heavy atom. The fraction of sp³-hybridized carbons (Fsp3) is 0.300. The van der Waals surface area contributed by atoms with Crippen molar-refractivity contribution in [2.75, 3.05) is 10.6 Å². The van der Waals surface area contributed by atoms with Crippen LogP contribution in [0, 0.1) is 16.7 Å². The summed E-state index contributed by atoms with van der Waals surface area (Å²) in [6.07, 6.45) is 7.17. The number of fused-ring (bicyclic) bond motifs is 2. The number of benzene rings is 3. The number of hydrogen-bond acceptors (Lipinski definition) is 3. The van der Waals surface area contributed by atoms with Crippen molar-refractivity contribution >= 4 is 34.2 Å². The van der Waals surface area contributed by atoms with Crippen LogP contribution in [-0.2, 0) is 4.79 Å². The van der Waals surface area contributed by atoms with E-state index in [-0.39, 0.29) is 22.6 Å². The molecule has 3 aromatic carbocycles. The first-order chi connectivity index (χ1) is 17.5. The van der Waals surface area contributed by atoms with Crippen LogP contribution in [0.25, 0.3) is 22.4 Å². The Kier molecular flexibility index (Phi) is 4.62. The molecule has 1 heterocycles. The number of nitrogens with one attached hydrogen (secondary N) is 3. The van der Waals surface area contributed by atoms with Crippen LogP contribution in [-0.4, -0.2) is 21.8 Å². The number of aromatic nitrogens is 2. The lowest BCUT2D eigenvalue weighted by atomic mass is 9.83. The average Bonchev–Trinajstić information content (AvgIpc) is 3.19. The minimum atomic E-state index is -0.139. The second-order valence-electron chi connectivity index (χ2n) is 10.9. The molecule has 3 aliphatic carbocycles. The largest absolute Gasteiger partial charge is 0.338 e. The second-order valence-corrected chi connectivity index (χ2v) is 10.9. The Morgan fingerprint density at radius 3 is 2.53 bits per heavy atom. The maximum Gasteiger partial charge on any atom is 0.255 e. The fourth-order valence-electron chi connectivity index (χ4n) is 6.96. The second kappa shape index (κ2) is 7.79. The highest BCUT2D eigenvalue weighted by molar-refractivity contribution is 6.04. The van der Waals surface area contributed by atoms with Crippen LogP contribution in [0.3, 0.4) is 0 Å².